The van der Waals surface area contributed by atoms with E-state index in [1.165, 1.54) is 12.1 Å². The third-order valence-electron chi connectivity index (χ3n) is 4.31. The van der Waals surface area contributed by atoms with Crippen LogP contribution in [0.5, 0.6) is 11.5 Å². The van der Waals surface area contributed by atoms with Crippen LogP contribution >= 0.6 is 0 Å². The lowest BCUT2D eigenvalue weighted by molar-refractivity contribution is -0.185. The summed E-state index contributed by atoms with van der Waals surface area (Å²) in [6.45, 7) is -1.95. The Morgan fingerprint density at radius 3 is 1.80 bits per heavy atom. The molecule has 0 amide bonds. The van der Waals surface area contributed by atoms with E-state index in [2.05, 4.69) is 9.47 Å². The molecule has 0 unspecified atom stereocenters. The minimum absolute atomic E-state index is 0.296. The van der Waals surface area contributed by atoms with Crippen molar-refractivity contribution in [2.45, 2.75) is 12.5 Å². The first-order valence-electron chi connectivity index (χ1n) is 8.84. The normalized spacial score (nSPS) is 11.4. The van der Waals surface area contributed by atoms with Gasteiger partial charge in [0.15, 0.2) is 17.4 Å². The molecule has 0 heterocycles. The van der Waals surface area contributed by atoms with Crippen molar-refractivity contribution < 1.29 is 35.8 Å². The second-order valence-corrected chi connectivity index (χ2v) is 6.30. The van der Waals surface area contributed by atoms with Crippen LogP contribution in [0.1, 0.15) is 11.1 Å². The number of alkyl halides is 4. The van der Waals surface area contributed by atoms with Crippen molar-refractivity contribution in [2.75, 3.05) is 13.5 Å². The first-order valence-corrected chi connectivity index (χ1v) is 8.84. The van der Waals surface area contributed by atoms with E-state index >= 15 is 0 Å². The van der Waals surface area contributed by atoms with Crippen molar-refractivity contribution in [2.24, 2.45) is 0 Å². The van der Waals surface area contributed by atoms with Crippen LogP contribution in [0.25, 0.3) is 11.1 Å². The second-order valence-electron chi connectivity index (χ2n) is 6.30. The third-order valence-corrected chi connectivity index (χ3v) is 4.31. The molecular weight excluding hydrogens is 410 g/mol. The van der Waals surface area contributed by atoms with Gasteiger partial charge in [0.2, 0.25) is 6.86 Å². The van der Waals surface area contributed by atoms with E-state index in [9.17, 15) is 26.3 Å². The zero-order valence-corrected chi connectivity index (χ0v) is 15.5. The smallest absolute Gasteiger partial charge is 0.426 e. The zero-order valence-electron chi connectivity index (χ0n) is 15.5. The Morgan fingerprint density at radius 1 is 0.767 bits per heavy atom. The van der Waals surface area contributed by atoms with E-state index in [-0.39, 0.29) is 0 Å². The zero-order chi connectivity index (χ0) is 21.7. The highest BCUT2D eigenvalue weighted by atomic mass is 19.3. The van der Waals surface area contributed by atoms with Gasteiger partial charge in [0.05, 0.1) is 12.2 Å². The highest BCUT2D eigenvalue weighted by molar-refractivity contribution is 5.64. The molecule has 0 bridgehead atoms. The molecule has 0 saturated carbocycles. The Morgan fingerprint density at radius 2 is 1.30 bits per heavy atom. The van der Waals surface area contributed by atoms with Gasteiger partial charge in [-0.05, 0) is 28.8 Å². The van der Waals surface area contributed by atoms with Crippen molar-refractivity contribution in [3.63, 3.8) is 0 Å². The van der Waals surface area contributed by atoms with Crippen LogP contribution in [0.2, 0.25) is 0 Å². The molecule has 158 valence electrons. The number of benzene rings is 3. The van der Waals surface area contributed by atoms with Crippen molar-refractivity contribution in [3.05, 3.63) is 83.4 Å². The molecule has 0 radical (unpaired) electrons. The van der Waals surface area contributed by atoms with Crippen LogP contribution in [0.4, 0.5) is 26.3 Å². The third kappa shape index (κ3) is 4.87. The fourth-order valence-corrected chi connectivity index (χ4v) is 2.82. The number of ether oxygens (including phenoxy) is 2. The topological polar surface area (TPSA) is 18.5 Å². The fourth-order valence-electron chi connectivity index (χ4n) is 2.82. The van der Waals surface area contributed by atoms with Crippen LogP contribution < -0.4 is 9.47 Å². The molecule has 30 heavy (non-hydrogen) atoms. The van der Waals surface area contributed by atoms with Crippen molar-refractivity contribution in [3.8, 4) is 22.6 Å². The van der Waals surface area contributed by atoms with Gasteiger partial charge in [0.1, 0.15) is 5.75 Å². The van der Waals surface area contributed by atoms with E-state index in [4.69, 9.17) is 0 Å². The maximum Gasteiger partial charge on any atom is 0.426 e. The summed E-state index contributed by atoms with van der Waals surface area (Å²) in [7, 11) is 0. The van der Waals surface area contributed by atoms with Gasteiger partial charge in [0, 0.05) is 18.6 Å². The predicted molar refractivity (Wildman–Crippen MR) is 99.0 cm³/mol. The molecule has 3 aromatic rings. The highest BCUT2D eigenvalue weighted by Gasteiger charge is 2.35. The first kappa shape index (κ1) is 21.5. The largest absolute Gasteiger partial charge is 0.457 e. The molecule has 0 aromatic heterocycles. The molecule has 2 nitrogen and oxygen atoms in total. The Bertz CT molecular complexity index is 965. The lowest BCUT2D eigenvalue weighted by Crippen LogP contribution is -2.22. The van der Waals surface area contributed by atoms with Gasteiger partial charge in [-0.1, -0.05) is 36.4 Å². The minimum atomic E-state index is -3.88. The van der Waals surface area contributed by atoms with Crippen molar-refractivity contribution in [1.82, 2.24) is 0 Å². The maximum absolute atomic E-state index is 14.4. The van der Waals surface area contributed by atoms with Gasteiger partial charge in [0.25, 0.3) is 0 Å². The van der Waals surface area contributed by atoms with E-state index in [1.54, 1.807) is 24.3 Å². The van der Waals surface area contributed by atoms with Crippen molar-refractivity contribution >= 4 is 0 Å². The molecule has 3 aromatic carbocycles. The Kier molecular flexibility index (Phi) is 6.54. The van der Waals surface area contributed by atoms with E-state index in [1.807, 2.05) is 0 Å². The van der Waals surface area contributed by atoms with Crippen LogP contribution in [-0.2, 0) is 12.5 Å². The quantitative estimate of drug-likeness (QED) is 0.379. The lowest BCUT2D eigenvalue weighted by Gasteiger charge is -2.19. The Balaban J connectivity index is 1.78. The summed E-state index contributed by atoms with van der Waals surface area (Å²) in [6.07, 6.45) is -3.59. The molecule has 0 aliphatic carbocycles. The predicted octanol–water partition coefficient (Wildman–Crippen LogP) is 6.58. The number of hydrogen-bond acceptors (Lipinski definition) is 2. The number of hydrogen-bond donors (Lipinski definition) is 0. The summed E-state index contributed by atoms with van der Waals surface area (Å²) >= 11 is 0. The second kappa shape index (κ2) is 9.11. The van der Waals surface area contributed by atoms with Gasteiger partial charge >= 0.3 is 6.11 Å². The molecule has 0 aliphatic rings. The summed E-state index contributed by atoms with van der Waals surface area (Å²) in [5.74, 6) is -4.54. The van der Waals surface area contributed by atoms with Crippen LogP contribution in [0.3, 0.4) is 0 Å². The average Bonchev–Trinajstić information content (AvgIpc) is 2.71. The van der Waals surface area contributed by atoms with Gasteiger partial charge in [-0.2, -0.15) is 8.78 Å². The number of aryl methyl sites for hydroxylation is 1. The average molecular weight is 426 g/mol. The van der Waals surface area contributed by atoms with Crippen LogP contribution in [0, 0.1) is 11.6 Å². The summed E-state index contributed by atoms with van der Waals surface area (Å²) in [5.41, 5.74) is 1.68. The summed E-state index contributed by atoms with van der Waals surface area (Å²) in [4.78, 5) is 0. The molecule has 3 rings (SSSR count). The summed E-state index contributed by atoms with van der Waals surface area (Å²) in [6, 6.07) is 13.1. The van der Waals surface area contributed by atoms with Gasteiger partial charge in [-0.15, -0.1) is 0 Å². The van der Waals surface area contributed by atoms with E-state index in [0.717, 1.165) is 23.3 Å². The Hall–Kier alpha value is -3.16. The Labute approximate surface area is 168 Å². The van der Waals surface area contributed by atoms with Crippen LogP contribution in [-0.4, -0.2) is 13.5 Å². The van der Waals surface area contributed by atoms with Crippen molar-refractivity contribution in [1.29, 1.82) is 0 Å². The number of halogens is 6. The van der Waals surface area contributed by atoms with Gasteiger partial charge < -0.3 is 9.47 Å². The molecule has 8 heteroatoms. The van der Waals surface area contributed by atoms with Crippen LogP contribution in [0.15, 0.2) is 60.7 Å². The standard InChI is InChI=1S/C22H16F6O2/c23-10-9-14-1-3-15(4-2-14)16-5-7-17(8-6-16)22(27,28)30-18-11-19(25)21(29-13-24)20(26)12-18/h1-8,11-12H,9-10,13H2. The molecule has 0 aliphatic heterocycles. The highest BCUT2D eigenvalue weighted by Crippen LogP contribution is 2.35. The molecule has 0 N–H and O–H groups in total. The SMILES string of the molecule is FCCc1ccc(-c2ccc(C(F)(F)Oc3cc(F)c(OCF)c(F)c3)cc2)cc1. The minimum Gasteiger partial charge on any atom is -0.457 e. The summed E-state index contributed by atoms with van der Waals surface area (Å²) in [5, 5.41) is 0. The molecule has 0 fully saturated rings. The van der Waals surface area contributed by atoms with E-state index in [0.29, 0.717) is 24.1 Å². The number of rotatable bonds is 8. The molecule has 0 atom stereocenters. The van der Waals surface area contributed by atoms with Gasteiger partial charge in [-0.3, -0.25) is 4.39 Å². The fraction of sp³-hybridized carbons (Fsp3) is 0.182. The van der Waals surface area contributed by atoms with Gasteiger partial charge in [-0.25, -0.2) is 13.2 Å². The first-order chi connectivity index (χ1) is 14.3. The maximum atomic E-state index is 14.4. The molecule has 0 saturated heterocycles. The monoisotopic (exact) mass is 426 g/mol. The molecular formula is C22H16F6O2. The summed E-state index contributed by atoms with van der Waals surface area (Å²) < 4.78 is 89.4. The molecule has 0 spiro atoms. The lowest BCUT2D eigenvalue weighted by atomic mass is 10.0. The van der Waals surface area contributed by atoms with E-state index < -0.39 is 48.3 Å².